The van der Waals surface area contributed by atoms with Gasteiger partial charge in [-0.25, -0.2) is 0 Å². The van der Waals surface area contributed by atoms with Crippen molar-refractivity contribution < 1.29 is 9.90 Å². The minimum atomic E-state index is -0.230. The van der Waals surface area contributed by atoms with Gasteiger partial charge in [0.05, 0.1) is 11.3 Å². The van der Waals surface area contributed by atoms with Crippen LogP contribution in [0.5, 0.6) is 5.88 Å². The van der Waals surface area contributed by atoms with Crippen molar-refractivity contribution in [1.29, 1.82) is 0 Å². The number of para-hydroxylation sites is 1. The molecule has 1 aromatic carbocycles. The van der Waals surface area contributed by atoms with Crippen molar-refractivity contribution in [1.82, 2.24) is 9.55 Å². The Bertz CT molecular complexity index is 806. The SMILES string of the molecule is CCC[C@H](C)c1c(O)nc(SCC(=O)Nc2ccccc2)n(CC)c1=O. The topological polar surface area (TPSA) is 84.2 Å². The number of amides is 1. The number of rotatable bonds is 8. The molecule has 2 aromatic rings. The van der Waals surface area contributed by atoms with Crippen molar-refractivity contribution in [2.24, 2.45) is 0 Å². The molecule has 0 saturated heterocycles. The molecule has 26 heavy (non-hydrogen) atoms. The number of anilines is 1. The number of nitrogens with one attached hydrogen (secondary N) is 1. The van der Waals surface area contributed by atoms with Gasteiger partial charge in [0.2, 0.25) is 11.8 Å². The molecule has 0 aliphatic rings. The van der Waals surface area contributed by atoms with Gasteiger partial charge in [-0.15, -0.1) is 0 Å². The molecule has 1 heterocycles. The highest BCUT2D eigenvalue weighted by Gasteiger charge is 2.20. The van der Waals surface area contributed by atoms with Crippen molar-refractivity contribution in [3.05, 3.63) is 46.2 Å². The molecule has 6 nitrogen and oxygen atoms in total. The van der Waals surface area contributed by atoms with Gasteiger partial charge < -0.3 is 10.4 Å². The summed E-state index contributed by atoms with van der Waals surface area (Å²) < 4.78 is 1.52. The lowest BCUT2D eigenvalue weighted by atomic mass is 9.98. The molecule has 0 bridgehead atoms. The summed E-state index contributed by atoms with van der Waals surface area (Å²) in [5.41, 5.74) is 0.837. The van der Waals surface area contributed by atoms with E-state index in [4.69, 9.17) is 0 Å². The number of carbonyl (C=O) groups excluding carboxylic acids is 1. The summed E-state index contributed by atoms with van der Waals surface area (Å²) in [5.74, 6) is -0.379. The summed E-state index contributed by atoms with van der Waals surface area (Å²) in [6.07, 6.45) is 1.72. The third-order valence-corrected chi connectivity index (χ3v) is 5.05. The largest absolute Gasteiger partial charge is 0.493 e. The summed E-state index contributed by atoms with van der Waals surface area (Å²) in [5, 5.41) is 13.4. The highest BCUT2D eigenvalue weighted by Crippen LogP contribution is 2.27. The van der Waals surface area contributed by atoms with Crippen LogP contribution in [-0.2, 0) is 11.3 Å². The molecule has 1 atom stereocenters. The molecule has 1 amide bonds. The Labute approximate surface area is 157 Å². The van der Waals surface area contributed by atoms with Crippen molar-refractivity contribution >= 4 is 23.4 Å². The van der Waals surface area contributed by atoms with Crippen LogP contribution in [0.2, 0.25) is 0 Å². The molecule has 0 saturated carbocycles. The van der Waals surface area contributed by atoms with E-state index in [1.165, 1.54) is 4.57 Å². The van der Waals surface area contributed by atoms with E-state index < -0.39 is 0 Å². The van der Waals surface area contributed by atoms with E-state index >= 15 is 0 Å². The van der Waals surface area contributed by atoms with Crippen LogP contribution in [0.1, 0.15) is 45.1 Å². The van der Waals surface area contributed by atoms with Crippen LogP contribution in [0.15, 0.2) is 40.3 Å². The molecule has 0 aliphatic carbocycles. The molecule has 140 valence electrons. The second kappa shape index (κ2) is 9.43. The number of benzene rings is 1. The first kappa shape index (κ1) is 20.0. The van der Waals surface area contributed by atoms with Crippen LogP contribution in [0.3, 0.4) is 0 Å². The Kier molecular flexibility index (Phi) is 7.26. The van der Waals surface area contributed by atoms with Crippen molar-refractivity contribution in [3.8, 4) is 5.88 Å². The first-order valence-corrected chi connectivity index (χ1v) is 9.77. The van der Waals surface area contributed by atoms with Crippen LogP contribution in [-0.4, -0.2) is 26.3 Å². The molecule has 7 heteroatoms. The van der Waals surface area contributed by atoms with E-state index in [9.17, 15) is 14.7 Å². The summed E-state index contributed by atoms with van der Waals surface area (Å²) in [7, 11) is 0. The number of thioether (sulfide) groups is 1. The molecular weight excluding hydrogens is 350 g/mol. The van der Waals surface area contributed by atoms with Gasteiger partial charge in [0.15, 0.2) is 5.16 Å². The van der Waals surface area contributed by atoms with Gasteiger partial charge in [0, 0.05) is 12.2 Å². The minimum absolute atomic E-state index is 0.0572. The second-order valence-corrected chi connectivity index (χ2v) is 7.02. The molecule has 0 spiro atoms. The molecular formula is C19H25N3O3S. The average Bonchev–Trinajstić information content (AvgIpc) is 2.61. The predicted molar refractivity (Wildman–Crippen MR) is 105 cm³/mol. The fraction of sp³-hybridized carbons (Fsp3) is 0.421. The average molecular weight is 375 g/mol. The number of carbonyl (C=O) groups is 1. The van der Waals surface area contributed by atoms with E-state index in [0.717, 1.165) is 24.6 Å². The molecule has 0 unspecified atom stereocenters. The highest BCUT2D eigenvalue weighted by molar-refractivity contribution is 7.99. The highest BCUT2D eigenvalue weighted by atomic mass is 32.2. The van der Waals surface area contributed by atoms with Gasteiger partial charge >= 0.3 is 0 Å². The van der Waals surface area contributed by atoms with Gasteiger partial charge in [-0.05, 0) is 31.4 Å². The van der Waals surface area contributed by atoms with E-state index in [-0.39, 0.29) is 29.0 Å². The molecule has 0 fully saturated rings. The maximum absolute atomic E-state index is 12.7. The Balaban J connectivity index is 2.16. The molecule has 1 aromatic heterocycles. The maximum Gasteiger partial charge on any atom is 0.261 e. The van der Waals surface area contributed by atoms with Crippen LogP contribution in [0.25, 0.3) is 0 Å². The third kappa shape index (κ3) is 4.88. The molecule has 2 N–H and O–H groups in total. The van der Waals surface area contributed by atoms with Gasteiger partial charge in [0.1, 0.15) is 0 Å². The fourth-order valence-corrected chi connectivity index (χ4v) is 3.64. The van der Waals surface area contributed by atoms with Crippen molar-refractivity contribution in [2.75, 3.05) is 11.1 Å². The lowest BCUT2D eigenvalue weighted by molar-refractivity contribution is -0.113. The number of aromatic hydroxyl groups is 1. The van der Waals surface area contributed by atoms with Crippen molar-refractivity contribution in [3.63, 3.8) is 0 Å². The number of nitrogens with zero attached hydrogens (tertiary/aromatic N) is 2. The van der Waals surface area contributed by atoms with Crippen LogP contribution in [0.4, 0.5) is 5.69 Å². The Morgan fingerprint density at radius 2 is 2.00 bits per heavy atom. The number of hydrogen-bond acceptors (Lipinski definition) is 5. The number of aromatic nitrogens is 2. The van der Waals surface area contributed by atoms with Crippen LogP contribution < -0.4 is 10.9 Å². The quantitative estimate of drug-likeness (QED) is 0.544. The van der Waals surface area contributed by atoms with Crippen molar-refractivity contribution in [2.45, 2.75) is 51.2 Å². The van der Waals surface area contributed by atoms with E-state index in [1.54, 1.807) is 12.1 Å². The van der Waals surface area contributed by atoms with Gasteiger partial charge in [-0.2, -0.15) is 4.98 Å². The van der Waals surface area contributed by atoms with Gasteiger partial charge in [-0.3, -0.25) is 14.2 Å². The lowest BCUT2D eigenvalue weighted by Crippen LogP contribution is -2.27. The summed E-state index contributed by atoms with van der Waals surface area (Å²) in [6.45, 7) is 6.24. The smallest absolute Gasteiger partial charge is 0.261 e. The Morgan fingerprint density at radius 1 is 1.31 bits per heavy atom. The molecule has 0 aliphatic heterocycles. The van der Waals surface area contributed by atoms with E-state index in [1.807, 2.05) is 39.0 Å². The normalized spacial score (nSPS) is 12.0. The van der Waals surface area contributed by atoms with Crippen LogP contribution in [0, 0.1) is 0 Å². The van der Waals surface area contributed by atoms with Gasteiger partial charge in [-0.1, -0.05) is 50.2 Å². The summed E-state index contributed by atoms with van der Waals surface area (Å²) in [4.78, 5) is 29.0. The zero-order valence-electron chi connectivity index (χ0n) is 15.4. The monoisotopic (exact) mass is 375 g/mol. The third-order valence-electron chi connectivity index (χ3n) is 4.07. The lowest BCUT2D eigenvalue weighted by Gasteiger charge is -2.16. The molecule has 0 radical (unpaired) electrons. The Morgan fingerprint density at radius 3 is 2.62 bits per heavy atom. The predicted octanol–water partition coefficient (Wildman–Crippen LogP) is 3.60. The zero-order valence-corrected chi connectivity index (χ0v) is 16.2. The summed E-state index contributed by atoms with van der Waals surface area (Å²) >= 11 is 1.14. The van der Waals surface area contributed by atoms with Crippen LogP contribution >= 0.6 is 11.8 Å². The van der Waals surface area contributed by atoms with Gasteiger partial charge in [0.25, 0.3) is 5.56 Å². The second-order valence-electron chi connectivity index (χ2n) is 6.07. The zero-order chi connectivity index (χ0) is 19.1. The first-order chi connectivity index (χ1) is 12.5. The minimum Gasteiger partial charge on any atom is -0.493 e. The fourth-order valence-electron chi connectivity index (χ4n) is 2.79. The first-order valence-electron chi connectivity index (χ1n) is 8.79. The maximum atomic E-state index is 12.7. The standard InChI is InChI=1S/C19H25N3O3S/c1-4-9-13(3)16-17(24)21-19(22(5-2)18(16)25)26-12-15(23)20-14-10-7-6-8-11-14/h6-8,10-11,13,24H,4-5,9,12H2,1-3H3,(H,20,23)/t13-/m0/s1. The van der Waals surface area contributed by atoms with E-state index in [0.29, 0.717) is 23.0 Å². The summed E-state index contributed by atoms with van der Waals surface area (Å²) in [6, 6.07) is 9.16. The number of hydrogen-bond donors (Lipinski definition) is 2. The van der Waals surface area contributed by atoms with E-state index in [2.05, 4.69) is 10.3 Å². The Hall–Kier alpha value is -2.28. The molecule has 2 rings (SSSR count).